The highest BCUT2D eigenvalue weighted by Crippen LogP contribution is 2.44. The molecule has 228 valence electrons. The molecule has 0 aliphatic carbocycles. The van der Waals surface area contributed by atoms with Crippen LogP contribution < -0.4 is 20.7 Å². The summed E-state index contributed by atoms with van der Waals surface area (Å²) < 4.78 is 50.0. The maximum atomic E-state index is 14.8. The van der Waals surface area contributed by atoms with Crippen molar-refractivity contribution in [3.8, 4) is 28.1 Å². The van der Waals surface area contributed by atoms with Crippen molar-refractivity contribution in [3.63, 3.8) is 0 Å². The molecule has 44 heavy (non-hydrogen) atoms. The van der Waals surface area contributed by atoms with E-state index in [9.17, 15) is 23.1 Å². The molecule has 4 aromatic rings. The average molecular weight is 604 g/mol. The van der Waals surface area contributed by atoms with Gasteiger partial charge in [-0.2, -0.15) is 23.1 Å². The van der Waals surface area contributed by atoms with Crippen LogP contribution in [0, 0.1) is 5.41 Å². The highest BCUT2D eigenvalue weighted by atomic mass is 19.4. The Labute approximate surface area is 252 Å². The molecule has 2 saturated heterocycles. The Morgan fingerprint density at radius 1 is 0.955 bits per heavy atom. The molecule has 4 N–H and O–H groups in total. The van der Waals surface area contributed by atoms with E-state index in [2.05, 4.69) is 15.3 Å². The summed E-state index contributed by atoms with van der Waals surface area (Å²) in [5, 5.41) is 12.5. The summed E-state index contributed by atoms with van der Waals surface area (Å²) in [4.78, 5) is 21.7. The first-order chi connectivity index (χ1) is 21.1. The predicted octanol–water partition coefficient (Wildman–Crippen LogP) is 6.11. The number of benzene rings is 3. The molecule has 6 rings (SSSR count). The average Bonchev–Trinajstić information content (AvgIpc) is 3.44. The number of nitrogen functional groups attached to an aromatic ring is 1. The summed E-state index contributed by atoms with van der Waals surface area (Å²) in [7, 11) is 0. The molecule has 0 unspecified atom stereocenters. The number of aromatic nitrogens is 2. The molecule has 3 heterocycles. The monoisotopic (exact) mass is 603 g/mol. The lowest BCUT2D eigenvalue weighted by atomic mass is 9.76. The van der Waals surface area contributed by atoms with E-state index in [1.165, 1.54) is 12.1 Å². The van der Waals surface area contributed by atoms with Crippen molar-refractivity contribution in [2.45, 2.75) is 37.6 Å². The summed E-state index contributed by atoms with van der Waals surface area (Å²) in [5.41, 5.74) is 8.45. The Morgan fingerprint density at radius 2 is 1.61 bits per heavy atom. The van der Waals surface area contributed by atoms with Gasteiger partial charge in [0.05, 0.1) is 0 Å². The van der Waals surface area contributed by atoms with Gasteiger partial charge in [0.15, 0.2) is 0 Å². The molecule has 2 fully saturated rings. The first-order valence-electron chi connectivity index (χ1n) is 14.4. The molecule has 2 aliphatic heterocycles. The minimum absolute atomic E-state index is 0.0521. The van der Waals surface area contributed by atoms with Crippen molar-refractivity contribution >= 4 is 17.7 Å². The zero-order chi connectivity index (χ0) is 30.9. The van der Waals surface area contributed by atoms with Gasteiger partial charge in [0, 0.05) is 31.3 Å². The second-order valence-electron chi connectivity index (χ2n) is 11.5. The molecule has 0 radical (unpaired) electrons. The van der Waals surface area contributed by atoms with Gasteiger partial charge in [-0.15, -0.1) is 0 Å². The number of alkyl halides is 3. The minimum atomic E-state index is -4.77. The number of halogens is 3. The Bertz CT molecular complexity index is 1630. The van der Waals surface area contributed by atoms with Gasteiger partial charge in [0.25, 0.3) is 0 Å². The van der Waals surface area contributed by atoms with Crippen LogP contribution >= 0.6 is 0 Å². The highest BCUT2D eigenvalue weighted by molar-refractivity contribution is 5.76. The normalized spacial score (nSPS) is 18.7. The number of nitrogens with one attached hydrogen (secondary N) is 1. The number of ether oxygens (including phenoxy) is 1. The van der Waals surface area contributed by atoms with E-state index in [0.29, 0.717) is 55.8 Å². The number of nitrogens with zero attached hydrogens (tertiary/aromatic N) is 3. The second-order valence-corrected chi connectivity index (χ2v) is 11.5. The van der Waals surface area contributed by atoms with Crippen LogP contribution in [0.1, 0.15) is 30.9 Å². The molecule has 1 spiro atoms. The number of hydrogen-bond acceptors (Lipinski definition) is 7. The number of nitrogens with two attached hydrogens (primary N) is 1. The first-order valence-corrected chi connectivity index (χ1v) is 14.4. The third kappa shape index (κ3) is 6.19. The smallest absolute Gasteiger partial charge is 0.429 e. The summed E-state index contributed by atoms with van der Waals surface area (Å²) in [6, 6.07) is 24.0. The maximum absolute atomic E-state index is 14.8. The van der Waals surface area contributed by atoms with Crippen LogP contribution in [-0.4, -0.2) is 52.9 Å². The van der Waals surface area contributed by atoms with Crippen molar-refractivity contribution < 1.29 is 27.8 Å². The minimum Gasteiger partial charge on any atom is -0.480 e. The number of carboxylic acid groups (broad SMARTS) is 1. The van der Waals surface area contributed by atoms with E-state index in [0.717, 1.165) is 11.1 Å². The lowest BCUT2D eigenvalue weighted by Crippen LogP contribution is -2.41. The van der Waals surface area contributed by atoms with E-state index in [4.69, 9.17) is 10.5 Å². The standard InChI is InChI=1S/C33H32F3N5O3/c34-33(35,36)29(24-12-11-23(21-7-3-1-4-8-21)17-25(24)22-9-5-2-6-10-22)44-28-18-27(39-31(37)40-28)41-15-13-32(14-16-41)19-26(30(42)43)38-20-32/h1-12,17-18,26,29,38H,13-16,19-20H2,(H,42,43)(H2,37,39,40)/t26-,29+/m0/s1. The summed E-state index contributed by atoms with van der Waals surface area (Å²) in [5.74, 6) is -0.977. The number of aliphatic carboxylic acids is 1. The zero-order valence-electron chi connectivity index (χ0n) is 23.8. The fourth-order valence-electron chi connectivity index (χ4n) is 6.23. The van der Waals surface area contributed by atoms with E-state index in [1.807, 2.05) is 41.3 Å². The van der Waals surface area contributed by atoms with Crippen LogP contribution in [0.3, 0.4) is 0 Å². The van der Waals surface area contributed by atoms with E-state index < -0.39 is 24.3 Å². The Kier molecular flexibility index (Phi) is 7.89. The molecule has 0 saturated carbocycles. The lowest BCUT2D eigenvalue weighted by molar-refractivity contribution is -0.198. The molecular formula is C33H32F3N5O3. The Balaban J connectivity index is 1.30. The van der Waals surface area contributed by atoms with Crippen LogP contribution in [0.25, 0.3) is 22.3 Å². The fourth-order valence-corrected chi connectivity index (χ4v) is 6.23. The van der Waals surface area contributed by atoms with Gasteiger partial charge in [0.1, 0.15) is 11.9 Å². The topological polar surface area (TPSA) is 114 Å². The van der Waals surface area contributed by atoms with Crippen molar-refractivity contribution in [1.82, 2.24) is 15.3 Å². The summed E-state index contributed by atoms with van der Waals surface area (Å²) >= 11 is 0. The van der Waals surface area contributed by atoms with Gasteiger partial charge in [-0.05, 0) is 53.0 Å². The third-order valence-electron chi connectivity index (χ3n) is 8.58. The molecular weight excluding hydrogens is 571 g/mol. The van der Waals surface area contributed by atoms with Crippen molar-refractivity contribution in [2.75, 3.05) is 30.3 Å². The maximum Gasteiger partial charge on any atom is 0.429 e. The Hall–Kier alpha value is -4.64. The molecule has 2 aliphatic rings. The van der Waals surface area contributed by atoms with Gasteiger partial charge in [-0.1, -0.05) is 72.8 Å². The van der Waals surface area contributed by atoms with Gasteiger partial charge >= 0.3 is 12.1 Å². The molecule has 1 aromatic heterocycles. The molecule has 0 bridgehead atoms. The van der Waals surface area contributed by atoms with E-state index in [-0.39, 0.29) is 22.8 Å². The summed E-state index contributed by atoms with van der Waals surface area (Å²) in [6.07, 6.45) is -5.14. The molecule has 0 amide bonds. The van der Waals surface area contributed by atoms with Crippen LogP contribution in [0.2, 0.25) is 0 Å². The van der Waals surface area contributed by atoms with Gasteiger partial charge in [-0.25, -0.2) is 0 Å². The SMILES string of the molecule is Nc1nc(O[C@H](c2ccc(-c3ccccc3)cc2-c2ccccc2)C(F)(F)F)cc(N2CCC3(CC2)CN[C@H](C(=O)O)C3)n1. The Morgan fingerprint density at radius 3 is 2.23 bits per heavy atom. The second kappa shape index (κ2) is 11.8. The highest BCUT2D eigenvalue weighted by Gasteiger charge is 2.46. The van der Waals surface area contributed by atoms with Crippen molar-refractivity contribution in [3.05, 3.63) is 90.5 Å². The molecule has 2 atom stereocenters. The number of anilines is 2. The zero-order valence-corrected chi connectivity index (χ0v) is 23.8. The number of carboxylic acids is 1. The first kappa shape index (κ1) is 29.4. The van der Waals surface area contributed by atoms with Crippen molar-refractivity contribution in [1.29, 1.82) is 0 Å². The molecule has 3 aromatic carbocycles. The van der Waals surface area contributed by atoms with Crippen molar-refractivity contribution in [2.24, 2.45) is 5.41 Å². The third-order valence-corrected chi connectivity index (χ3v) is 8.58. The van der Waals surface area contributed by atoms with Crippen LogP contribution in [0.5, 0.6) is 5.88 Å². The van der Waals surface area contributed by atoms with Gasteiger partial charge < -0.3 is 25.8 Å². The number of rotatable bonds is 7. The molecule has 8 nitrogen and oxygen atoms in total. The van der Waals surface area contributed by atoms with E-state index in [1.54, 1.807) is 36.4 Å². The fraction of sp³-hybridized carbons (Fsp3) is 0.303. The number of hydrogen-bond donors (Lipinski definition) is 3. The van der Waals surface area contributed by atoms with Crippen LogP contribution in [0.15, 0.2) is 84.9 Å². The molecule has 11 heteroatoms. The van der Waals surface area contributed by atoms with Crippen LogP contribution in [-0.2, 0) is 4.79 Å². The number of carbonyl (C=O) groups is 1. The van der Waals surface area contributed by atoms with Crippen LogP contribution in [0.4, 0.5) is 24.9 Å². The number of piperidine rings is 1. The summed E-state index contributed by atoms with van der Waals surface area (Å²) in [6.45, 7) is 1.70. The van der Waals surface area contributed by atoms with Gasteiger partial charge in [-0.3, -0.25) is 4.79 Å². The lowest BCUT2D eigenvalue weighted by Gasteiger charge is -2.39. The predicted molar refractivity (Wildman–Crippen MR) is 161 cm³/mol. The largest absolute Gasteiger partial charge is 0.480 e. The quantitative estimate of drug-likeness (QED) is 0.232. The van der Waals surface area contributed by atoms with E-state index >= 15 is 0 Å². The van der Waals surface area contributed by atoms with Gasteiger partial charge in [0.2, 0.25) is 17.9 Å².